The molecule has 152 valence electrons. The summed E-state index contributed by atoms with van der Waals surface area (Å²) in [5.74, 6) is 1.25. The summed E-state index contributed by atoms with van der Waals surface area (Å²) in [6, 6.07) is 16.9. The van der Waals surface area contributed by atoms with Crippen molar-refractivity contribution in [1.29, 1.82) is 0 Å². The van der Waals surface area contributed by atoms with Crippen molar-refractivity contribution in [1.82, 2.24) is 20.1 Å². The zero-order valence-corrected chi connectivity index (χ0v) is 17.3. The first kappa shape index (κ1) is 19.7. The van der Waals surface area contributed by atoms with E-state index in [1.165, 1.54) is 11.3 Å². The van der Waals surface area contributed by atoms with Crippen molar-refractivity contribution in [3.05, 3.63) is 77.4 Å². The van der Waals surface area contributed by atoms with Gasteiger partial charge in [0.2, 0.25) is 0 Å². The first-order valence-corrected chi connectivity index (χ1v) is 10.1. The Kier molecular flexibility index (Phi) is 5.76. The minimum absolute atomic E-state index is 0.192. The fraction of sp³-hybridized carbons (Fsp3) is 0.136. The monoisotopic (exact) mass is 420 g/mol. The third-order valence-corrected chi connectivity index (χ3v) is 5.12. The van der Waals surface area contributed by atoms with Crippen molar-refractivity contribution in [2.24, 2.45) is 7.05 Å². The minimum atomic E-state index is -0.192. The number of hydrogen-bond acceptors (Lipinski definition) is 6. The average Bonchev–Trinajstić information content (AvgIpc) is 3.42. The van der Waals surface area contributed by atoms with Gasteiger partial charge >= 0.3 is 0 Å². The average molecular weight is 420 g/mol. The van der Waals surface area contributed by atoms with Crippen LogP contribution in [-0.2, 0) is 13.6 Å². The van der Waals surface area contributed by atoms with Gasteiger partial charge in [-0.2, -0.15) is 5.10 Å². The van der Waals surface area contributed by atoms with Crippen LogP contribution in [0, 0.1) is 0 Å². The van der Waals surface area contributed by atoms with Crippen molar-refractivity contribution in [3.63, 3.8) is 0 Å². The molecule has 2 aromatic heterocycles. The number of nitrogens with zero attached hydrogens (tertiary/aromatic N) is 3. The fourth-order valence-electron chi connectivity index (χ4n) is 2.91. The van der Waals surface area contributed by atoms with Gasteiger partial charge in [-0.05, 0) is 35.9 Å². The van der Waals surface area contributed by atoms with Gasteiger partial charge in [-0.15, -0.1) is 0 Å². The van der Waals surface area contributed by atoms with Crippen LogP contribution >= 0.6 is 11.3 Å². The molecule has 1 amide bonds. The number of benzene rings is 2. The number of aryl methyl sites for hydroxylation is 1. The minimum Gasteiger partial charge on any atom is -0.497 e. The van der Waals surface area contributed by atoms with Crippen molar-refractivity contribution in [3.8, 4) is 28.0 Å². The topological polar surface area (TPSA) is 78.3 Å². The van der Waals surface area contributed by atoms with E-state index < -0.39 is 0 Å². The van der Waals surface area contributed by atoms with E-state index in [9.17, 15) is 4.79 Å². The SMILES string of the molecule is COc1cccc(-c2cc(C(=O)NCc3ccc(Oc4nccs4)cc3)n(C)n2)c1. The zero-order chi connectivity index (χ0) is 20.9. The molecule has 0 aliphatic heterocycles. The van der Waals surface area contributed by atoms with Crippen LogP contribution in [0.25, 0.3) is 11.3 Å². The number of methoxy groups -OCH3 is 1. The lowest BCUT2D eigenvalue weighted by Crippen LogP contribution is -2.25. The molecule has 0 atom stereocenters. The molecule has 30 heavy (non-hydrogen) atoms. The molecule has 4 rings (SSSR count). The van der Waals surface area contributed by atoms with Gasteiger partial charge in [0.05, 0.1) is 12.8 Å². The molecule has 4 aromatic rings. The Labute approximate surface area is 177 Å². The highest BCUT2D eigenvalue weighted by Gasteiger charge is 2.14. The van der Waals surface area contributed by atoms with E-state index in [0.29, 0.717) is 28.9 Å². The number of rotatable bonds is 7. The van der Waals surface area contributed by atoms with Crippen LogP contribution in [0.4, 0.5) is 0 Å². The Bertz CT molecular complexity index is 1140. The molecule has 7 nitrogen and oxygen atoms in total. The summed E-state index contributed by atoms with van der Waals surface area (Å²) in [6.45, 7) is 0.399. The maximum atomic E-state index is 12.7. The highest BCUT2D eigenvalue weighted by Crippen LogP contribution is 2.24. The summed E-state index contributed by atoms with van der Waals surface area (Å²) < 4.78 is 12.5. The predicted octanol–water partition coefficient (Wildman–Crippen LogP) is 4.27. The number of ether oxygens (including phenoxy) is 2. The second kappa shape index (κ2) is 8.79. The Morgan fingerprint density at radius 3 is 2.70 bits per heavy atom. The predicted molar refractivity (Wildman–Crippen MR) is 115 cm³/mol. The first-order valence-electron chi connectivity index (χ1n) is 9.25. The number of thiazole rings is 1. The summed E-state index contributed by atoms with van der Waals surface area (Å²) in [7, 11) is 3.37. The van der Waals surface area contributed by atoms with Gasteiger partial charge in [0.15, 0.2) is 0 Å². The molecule has 0 aliphatic carbocycles. The van der Waals surface area contributed by atoms with E-state index in [-0.39, 0.29) is 5.91 Å². The van der Waals surface area contributed by atoms with Crippen molar-refractivity contribution < 1.29 is 14.3 Å². The normalized spacial score (nSPS) is 10.6. The number of carbonyl (C=O) groups is 1. The molecule has 2 heterocycles. The largest absolute Gasteiger partial charge is 0.497 e. The standard InChI is InChI=1S/C22H20N4O3S/c1-26-20(13-19(25-26)16-4-3-5-18(12-16)28-2)21(27)24-14-15-6-8-17(9-7-15)29-22-23-10-11-30-22/h3-13H,14H2,1-2H3,(H,24,27). The van der Waals surface area contributed by atoms with E-state index in [1.54, 1.807) is 31.1 Å². The van der Waals surface area contributed by atoms with Gasteiger partial charge in [-0.3, -0.25) is 9.48 Å². The number of carbonyl (C=O) groups excluding carboxylic acids is 1. The lowest BCUT2D eigenvalue weighted by Gasteiger charge is -2.07. The van der Waals surface area contributed by atoms with Gasteiger partial charge in [0.1, 0.15) is 17.2 Å². The molecule has 0 aliphatic rings. The molecule has 0 saturated carbocycles. The zero-order valence-electron chi connectivity index (χ0n) is 16.5. The molecule has 0 bridgehead atoms. The van der Waals surface area contributed by atoms with Crippen LogP contribution in [0.3, 0.4) is 0 Å². The molecule has 8 heteroatoms. The molecule has 0 spiro atoms. The summed E-state index contributed by atoms with van der Waals surface area (Å²) in [5, 5.41) is 9.85. The maximum absolute atomic E-state index is 12.7. The molecular weight excluding hydrogens is 400 g/mol. The fourth-order valence-corrected chi connectivity index (χ4v) is 3.42. The van der Waals surface area contributed by atoms with Crippen LogP contribution in [0.1, 0.15) is 16.1 Å². The number of aromatic nitrogens is 3. The van der Waals surface area contributed by atoms with Gasteiger partial charge in [0.25, 0.3) is 11.1 Å². The quantitative estimate of drug-likeness (QED) is 0.483. The molecular formula is C22H20N4O3S. The van der Waals surface area contributed by atoms with E-state index in [0.717, 1.165) is 16.9 Å². The Morgan fingerprint density at radius 2 is 1.97 bits per heavy atom. The highest BCUT2D eigenvalue weighted by molar-refractivity contribution is 7.11. The molecule has 0 saturated heterocycles. The van der Waals surface area contributed by atoms with Crippen LogP contribution in [0.15, 0.2) is 66.2 Å². The molecule has 2 aromatic carbocycles. The number of hydrogen-bond donors (Lipinski definition) is 1. The van der Waals surface area contributed by atoms with Crippen molar-refractivity contribution in [2.75, 3.05) is 7.11 Å². The second-order valence-electron chi connectivity index (χ2n) is 6.50. The summed E-state index contributed by atoms with van der Waals surface area (Å²) >= 11 is 1.43. The lowest BCUT2D eigenvalue weighted by atomic mass is 10.1. The van der Waals surface area contributed by atoms with Gasteiger partial charge < -0.3 is 14.8 Å². The van der Waals surface area contributed by atoms with Gasteiger partial charge in [0, 0.05) is 30.7 Å². The third kappa shape index (κ3) is 4.49. The Morgan fingerprint density at radius 1 is 1.13 bits per heavy atom. The van der Waals surface area contributed by atoms with Crippen molar-refractivity contribution in [2.45, 2.75) is 6.54 Å². The van der Waals surface area contributed by atoms with Crippen LogP contribution in [0.2, 0.25) is 0 Å². The molecule has 0 unspecified atom stereocenters. The van der Waals surface area contributed by atoms with Crippen molar-refractivity contribution >= 4 is 17.2 Å². The molecule has 1 N–H and O–H groups in total. The third-order valence-electron chi connectivity index (χ3n) is 4.47. The smallest absolute Gasteiger partial charge is 0.278 e. The van der Waals surface area contributed by atoms with E-state index >= 15 is 0 Å². The van der Waals surface area contributed by atoms with E-state index in [1.807, 2.05) is 53.9 Å². The summed E-state index contributed by atoms with van der Waals surface area (Å²) in [4.78, 5) is 16.7. The number of amides is 1. The van der Waals surface area contributed by atoms with Gasteiger partial charge in [-0.25, -0.2) is 4.98 Å². The van der Waals surface area contributed by atoms with Gasteiger partial charge in [-0.1, -0.05) is 35.6 Å². The number of nitrogens with one attached hydrogen (secondary N) is 1. The van der Waals surface area contributed by atoms with E-state index in [2.05, 4.69) is 15.4 Å². The highest BCUT2D eigenvalue weighted by atomic mass is 32.1. The molecule has 0 fully saturated rings. The molecule has 0 radical (unpaired) electrons. The van der Waals surface area contributed by atoms with Crippen LogP contribution in [0.5, 0.6) is 16.7 Å². The Hall–Kier alpha value is -3.65. The first-order chi connectivity index (χ1) is 14.6. The summed E-state index contributed by atoms with van der Waals surface area (Å²) in [6.07, 6.45) is 1.70. The summed E-state index contributed by atoms with van der Waals surface area (Å²) in [5.41, 5.74) is 3.05. The van der Waals surface area contributed by atoms with Crippen LogP contribution < -0.4 is 14.8 Å². The van der Waals surface area contributed by atoms with Crippen LogP contribution in [-0.4, -0.2) is 27.8 Å². The maximum Gasteiger partial charge on any atom is 0.278 e. The second-order valence-corrected chi connectivity index (χ2v) is 7.35. The Balaban J connectivity index is 1.40. The van der Waals surface area contributed by atoms with E-state index in [4.69, 9.17) is 9.47 Å². The lowest BCUT2D eigenvalue weighted by molar-refractivity contribution is 0.0941.